The molecule has 8 heteroatoms. The second kappa shape index (κ2) is 11.4. The monoisotopic (exact) mass is 402 g/mol. The fourth-order valence-electron chi connectivity index (χ4n) is 2.81. The molecule has 1 atom stereocenters. The standard InChI is InChI=1S/C17H22N4OS.2ClH/c22-16(20-9-6-13-4-3-7-18-11-13)10-14-12-23-17(21-14)15-5-1-2-8-19-15;;/h1-2,5,8,12-13,18H,3-4,6-7,9-11H2,(H,20,22);2*1H. The molecule has 1 aliphatic rings. The highest BCUT2D eigenvalue weighted by Crippen LogP contribution is 2.21. The summed E-state index contributed by atoms with van der Waals surface area (Å²) in [6.07, 6.45) is 5.65. The summed E-state index contributed by atoms with van der Waals surface area (Å²) >= 11 is 1.53. The third kappa shape index (κ3) is 6.90. The van der Waals surface area contributed by atoms with E-state index < -0.39 is 0 Å². The Morgan fingerprint density at radius 2 is 2.24 bits per heavy atom. The van der Waals surface area contributed by atoms with E-state index in [0.29, 0.717) is 12.3 Å². The molecule has 1 unspecified atom stereocenters. The Kier molecular flexibility index (Phi) is 9.97. The van der Waals surface area contributed by atoms with Crippen molar-refractivity contribution < 1.29 is 4.79 Å². The van der Waals surface area contributed by atoms with Crippen LogP contribution >= 0.6 is 36.2 Å². The smallest absolute Gasteiger partial charge is 0.226 e. The third-order valence-corrected chi connectivity index (χ3v) is 4.96. The Bertz CT molecular complexity index is 633. The molecule has 1 saturated heterocycles. The summed E-state index contributed by atoms with van der Waals surface area (Å²) < 4.78 is 0. The fraction of sp³-hybridized carbons (Fsp3) is 0.471. The zero-order valence-electron chi connectivity index (χ0n) is 13.9. The maximum absolute atomic E-state index is 12.0. The number of aromatic nitrogens is 2. The molecular formula is C17H24Cl2N4OS. The van der Waals surface area contributed by atoms with Crippen LogP contribution in [-0.4, -0.2) is 35.5 Å². The Hall–Kier alpha value is -1.21. The fourth-order valence-corrected chi connectivity index (χ4v) is 3.60. The molecule has 0 saturated carbocycles. The first-order valence-corrected chi connectivity index (χ1v) is 9.02. The van der Waals surface area contributed by atoms with Gasteiger partial charge in [0.1, 0.15) is 5.01 Å². The SMILES string of the molecule is Cl.Cl.O=C(Cc1csc(-c2ccccn2)n1)NCCC1CCCNC1. The van der Waals surface area contributed by atoms with Gasteiger partial charge >= 0.3 is 0 Å². The first kappa shape index (κ1) is 21.8. The number of thiazole rings is 1. The van der Waals surface area contributed by atoms with Gasteiger partial charge in [-0.3, -0.25) is 9.78 Å². The van der Waals surface area contributed by atoms with E-state index in [1.165, 1.54) is 24.2 Å². The minimum atomic E-state index is 0. The lowest BCUT2D eigenvalue weighted by Crippen LogP contribution is -2.33. The van der Waals surface area contributed by atoms with Gasteiger partial charge < -0.3 is 10.6 Å². The second-order valence-corrected chi connectivity index (χ2v) is 6.74. The van der Waals surface area contributed by atoms with E-state index in [1.807, 2.05) is 23.6 Å². The van der Waals surface area contributed by atoms with Crippen LogP contribution in [0.5, 0.6) is 0 Å². The molecule has 1 fully saturated rings. The van der Waals surface area contributed by atoms with Gasteiger partial charge in [0.05, 0.1) is 17.8 Å². The summed E-state index contributed by atoms with van der Waals surface area (Å²) in [4.78, 5) is 20.8. The topological polar surface area (TPSA) is 66.9 Å². The first-order valence-electron chi connectivity index (χ1n) is 8.14. The van der Waals surface area contributed by atoms with Gasteiger partial charge in [-0.15, -0.1) is 36.2 Å². The summed E-state index contributed by atoms with van der Waals surface area (Å²) in [5.74, 6) is 0.741. The minimum absolute atomic E-state index is 0. The highest BCUT2D eigenvalue weighted by Gasteiger charge is 2.13. The number of piperidine rings is 1. The molecule has 2 N–H and O–H groups in total. The van der Waals surface area contributed by atoms with Crippen molar-refractivity contribution in [3.63, 3.8) is 0 Å². The van der Waals surface area contributed by atoms with Crippen LogP contribution in [-0.2, 0) is 11.2 Å². The van der Waals surface area contributed by atoms with Crippen molar-refractivity contribution in [3.8, 4) is 10.7 Å². The van der Waals surface area contributed by atoms with Crippen molar-refractivity contribution >= 4 is 42.1 Å². The van der Waals surface area contributed by atoms with Gasteiger partial charge in [0.2, 0.25) is 5.91 Å². The normalized spacial score (nSPS) is 16.4. The predicted octanol–water partition coefficient (Wildman–Crippen LogP) is 3.10. The molecule has 0 aliphatic carbocycles. The lowest BCUT2D eigenvalue weighted by molar-refractivity contribution is -0.120. The van der Waals surface area contributed by atoms with Crippen molar-refractivity contribution in [2.45, 2.75) is 25.7 Å². The van der Waals surface area contributed by atoms with Crippen molar-refractivity contribution in [3.05, 3.63) is 35.5 Å². The van der Waals surface area contributed by atoms with Crippen molar-refractivity contribution in [2.75, 3.05) is 19.6 Å². The van der Waals surface area contributed by atoms with Crippen LogP contribution in [0.2, 0.25) is 0 Å². The number of hydrogen-bond donors (Lipinski definition) is 2. The van der Waals surface area contributed by atoms with E-state index in [2.05, 4.69) is 20.6 Å². The molecule has 1 aliphatic heterocycles. The molecule has 0 radical (unpaired) electrons. The summed E-state index contributed by atoms with van der Waals surface area (Å²) in [5, 5.41) is 9.22. The zero-order valence-corrected chi connectivity index (χ0v) is 16.4. The molecule has 0 spiro atoms. The molecule has 3 heterocycles. The van der Waals surface area contributed by atoms with E-state index in [0.717, 1.165) is 42.5 Å². The highest BCUT2D eigenvalue weighted by molar-refractivity contribution is 7.13. The molecule has 2 aromatic rings. The average Bonchev–Trinajstić information content (AvgIpc) is 3.05. The summed E-state index contributed by atoms with van der Waals surface area (Å²) in [6, 6.07) is 5.75. The lowest BCUT2D eigenvalue weighted by atomic mass is 9.96. The highest BCUT2D eigenvalue weighted by atomic mass is 35.5. The Labute approximate surface area is 164 Å². The molecule has 1 amide bonds. The van der Waals surface area contributed by atoms with Gasteiger partial charge in [-0.1, -0.05) is 6.07 Å². The van der Waals surface area contributed by atoms with Crippen LogP contribution in [0.15, 0.2) is 29.8 Å². The molecule has 0 bridgehead atoms. The molecule has 2 aromatic heterocycles. The third-order valence-electron chi connectivity index (χ3n) is 4.05. The van der Waals surface area contributed by atoms with Crippen LogP contribution in [0.25, 0.3) is 10.7 Å². The van der Waals surface area contributed by atoms with Crippen LogP contribution in [0.4, 0.5) is 0 Å². The van der Waals surface area contributed by atoms with Gasteiger partial charge in [-0.2, -0.15) is 0 Å². The van der Waals surface area contributed by atoms with Crippen LogP contribution in [0.3, 0.4) is 0 Å². The second-order valence-electron chi connectivity index (χ2n) is 5.89. The van der Waals surface area contributed by atoms with E-state index >= 15 is 0 Å². The van der Waals surface area contributed by atoms with Crippen molar-refractivity contribution in [2.24, 2.45) is 5.92 Å². The van der Waals surface area contributed by atoms with Crippen molar-refractivity contribution in [1.29, 1.82) is 0 Å². The van der Waals surface area contributed by atoms with Gasteiger partial charge in [0.15, 0.2) is 0 Å². The quantitative estimate of drug-likeness (QED) is 0.778. The largest absolute Gasteiger partial charge is 0.356 e. The number of pyridine rings is 1. The number of amides is 1. The Balaban J connectivity index is 0.00000156. The molecule has 25 heavy (non-hydrogen) atoms. The minimum Gasteiger partial charge on any atom is -0.356 e. The van der Waals surface area contributed by atoms with Gasteiger partial charge in [-0.25, -0.2) is 4.98 Å². The number of nitrogens with one attached hydrogen (secondary N) is 2. The lowest BCUT2D eigenvalue weighted by Gasteiger charge is -2.22. The van der Waals surface area contributed by atoms with Gasteiger partial charge in [0, 0.05) is 18.1 Å². The number of halogens is 2. The number of hydrogen-bond acceptors (Lipinski definition) is 5. The average molecular weight is 403 g/mol. The van der Waals surface area contributed by atoms with Gasteiger partial charge in [0.25, 0.3) is 0 Å². The Morgan fingerprint density at radius 3 is 2.96 bits per heavy atom. The molecular weight excluding hydrogens is 379 g/mol. The summed E-state index contributed by atoms with van der Waals surface area (Å²) in [7, 11) is 0. The maximum atomic E-state index is 12.0. The van der Waals surface area contributed by atoms with Crippen LogP contribution < -0.4 is 10.6 Å². The Morgan fingerprint density at radius 1 is 1.36 bits per heavy atom. The van der Waals surface area contributed by atoms with E-state index in [-0.39, 0.29) is 30.7 Å². The van der Waals surface area contributed by atoms with E-state index in [9.17, 15) is 4.79 Å². The number of rotatable bonds is 6. The van der Waals surface area contributed by atoms with Crippen LogP contribution in [0.1, 0.15) is 25.0 Å². The van der Waals surface area contributed by atoms with Gasteiger partial charge in [-0.05, 0) is 50.4 Å². The number of carbonyl (C=O) groups is 1. The first-order chi connectivity index (χ1) is 11.3. The molecule has 0 aromatic carbocycles. The molecule has 5 nitrogen and oxygen atoms in total. The number of nitrogens with zero attached hydrogens (tertiary/aromatic N) is 2. The van der Waals surface area contributed by atoms with E-state index in [4.69, 9.17) is 0 Å². The molecule has 138 valence electrons. The number of carbonyl (C=O) groups excluding carboxylic acids is 1. The summed E-state index contributed by atoms with van der Waals surface area (Å²) in [6.45, 7) is 2.96. The summed E-state index contributed by atoms with van der Waals surface area (Å²) in [5.41, 5.74) is 1.67. The van der Waals surface area contributed by atoms with Crippen LogP contribution in [0, 0.1) is 5.92 Å². The zero-order chi connectivity index (χ0) is 15.9. The molecule has 3 rings (SSSR count). The predicted molar refractivity (Wildman–Crippen MR) is 107 cm³/mol. The van der Waals surface area contributed by atoms with E-state index in [1.54, 1.807) is 6.20 Å². The maximum Gasteiger partial charge on any atom is 0.226 e. The van der Waals surface area contributed by atoms with Crippen molar-refractivity contribution in [1.82, 2.24) is 20.6 Å².